The molecule has 72 valence electrons. The molecule has 0 bridgehead atoms. The zero-order valence-electron chi connectivity index (χ0n) is 7.27. The molecule has 1 unspecified atom stereocenters. The number of aliphatic hydroxyl groups excluding tert-OH is 1. The summed E-state index contributed by atoms with van der Waals surface area (Å²) in [7, 11) is 0. The molecule has 1 saturated heterocycles. The number of nitrogens with one attached hydrogen (secondary N) is 1. The smallest absolute Gasteiger partial charge is 0.160 e. The van der Waals surface area contributed by atoms with Crippen molar-refractivity contribution < 1.29 is 14.6 Å². The van der Waals surface area contributed by atoms with Gasteiger partial charge in [0.15, 0.2) is 6.29 Å². The number of aromatic nitrogens is 1. The standard InChI is InChI=1S/C9H13NO3/c11-8(7-2-1-3-10-7)6-9-12-4-5-13-9/h1-3,8-11H,4-6H2. The zero-order chi connectivity index (χ0) is 9.10. The van der Waals surface area contributed by atoms with Gasteiger partial charge in [-0.2, -0.15) is 0 Å². The van der Waals surface area contributed by atoms with Crippen molar-refractivity contribution in [3.05, 3.63) is 24.0 Å². The van der Waals surface area contributed by atoms with Crippen molar-refractivity contribution in [1.29, 1.82) is 0 Å². The highest BCUT2D eigenvalue weighted by molar-refractivity contribution is 5.06. The summed E-state index contributed by atoms with van der Waals surface area (Å²) >= 11 is 0. The largest absolute Gasteiger partial charge is 0.387 e. The molecule has 1 atom stereocenters. The second kappa shape index (κ2) is 3.91. The molecule has 0 radical (unpaired) electrons. The highest BCUT2D eigenvalue weighted by Gasteiger charge is 2.21. The van der Waals surface area contributed by atoms with Crippen molar-refractivity contribution in [1.82, 2.24) is 4.98 Å². The molecule has 1 aromatic rings. The molecule has 1 aliphatic heterocycles. The summed E-state index contributed by atoms with van der Waals surface area (Å²) in [4.78, 5) is 2.95. The molecule has 0 saturated carbocycles. The highest BCUT2D eigenvalue weighted by atomic mass is 16.7. The fourth-order valence-electron chi connectivity index (χ4n) is 1.40. The first-order chi connectivity index (χ1) is 6.36. The van der Waals surface area contributed by atoms with Crippen LogP contribution in [0.5, 0.6) is 0 Å². The van der Waals surface area contributed by atoms with E-state index in [2.05, 4.69) is 4.98 Å². The number of aromatic amines is 1. The summed E-state index contributed by atoms with van der Waals surface area (Å²) in [6.45, 7) is 1.25. The topological polar surface area (TPSA) is 54.5 Å². The van der Waals surface area contributed by atoms with Crippen molar-refractivity contribution in [2.24, 2.45) is 0 Å². The van der Waals surface area contributed by atoms with Crippen molar-refractivity contribution >= 4 is 0 Å². The lowest BCUT2D eigenvalue weighted by molar-refractivity contribution is -0.0713. The molecule has 2 rings (SSSR count). The van der Waals surface area contributed by atoms with Crippen molar-refractivity contribution in [3.8, 4) is 0 Å². The van der Waals surface area contributed by atoms with E-state index in [1.54, 1.807) is 6.20 Å². The van der Waals surface area contributed by atoms with Crippen LogP contribution in [0.25, 0.3) is 0 Å². The maximum atomic E-state index is 9.68. The zero-order valence-corrected chi connectivity index (χ0v) is 7.27. The monoisotopic (exact) mass is 183 g/mol. The molecule has 4 heteroatoms. The summed E-state index contributed by atoms with van der Waals surface area (Å²) in [6, 6.07) is 3.70. The van der Waals surface area contributed by atoms with E-state index < -0.39 is 6.10 Å². The van der Waals surface area contributed by atoms with Gasteiger partial charge in [0.2, 0.25) is 0 Å². The van der Waals surface area contributed by atoms with Gasteiger partial charge >= 0.3 is 0 Å². The molecule has 0 aromatic carbocycles. The quantitative estimate of drug-likeness (QED) is 0.729. The van der Waals surface area contributed by atoms with Crippen LogP contribution in [0.3, 0.4) is 0 Å². The van der Waals surface area contributed by atoms with Crippen LogP contribution in [0, 0.1) is 0 Å². The Hall–Kier alpha value is -0.840. The molecule has 2 heterocycles. The van der Waals surface area contributed by atoms with Crippen LogP contribution in [-0.2, 0) is 9.47 Å². The molecule has 1 aromatic heterocycles. The molecule has 1 fully saturated rings. The summed E-state index contributed by atoms with van der Waals surface area (Å²) in [6.07, 6.45) is 1.49. The van der Waals surface area contributed by atoms with Gasteiger partial charge in [-0.25, -0.2) is 0 Å². The summed E-state index contributed by atoms with van der Waals surface area (Å²) in [5.41, 5.74) is 0.805. The Balaban J connectivity index is 1.87. The van der Waals surface area contributed by atoms with Gasteiger partial charge in [0.1, 0.15) is 0 Å². The van der Waals surface area contributed by atoms with Gasteiger partial charge in [-0.05, 0) is 12.1 Å². The first-order valence-electron chi connectivity index (χ1n) is 4.41. The fourth-order valence-corrected chi connectivity index (χ4v) is 1.40. The lowest BCUT2D eigenvalue weighted by Gasteiger charge is -2.13. The van der Waals surface area contributed by atoms with Crippen LogP contribution in [0.1, 0.15) is 18.2 Å². The van der Waals surface area contributed by atoms with Gasteiger partial charge in [-0.3, -0.25) is 0 Å². The second-order valence-electron chi connectivity index (χ2n) is 3.05. The van der Waals surface area contributed by atoms with Crippen LogP contribution >= 0.6 is 0 Å². The molecule has 0 spiro atoms. The Morgan fingerprint density at radius 3 is 2.92 bits per heavy atom. The second-order valence-corrected chi connectivity index (χ2v) is 3.05. The van der Waals surface area contributed by atoms with E-state index in [0.29, 0.717) is 19.6 Å². The maximum absolute atomic E-state index is 9.68. The molecular weight excluding hydrogens is 170 g/mol. The van der Waals surface area contributed by atoms with Gasteiger partial charge < -0.3 is 19.6 Å². The van der Waals surface area contributed by atoms with E-state index in [-0.39, 0.29) is 6.29 Å². The Labute approximate surface area is 76.5 Å². The summed E-state index contributed by atoms with van der Waals surface area (Å²) < 4.78 is 10.5. The first kappa shape index (κ1) is 8.74. The van der Waals surface area contributed by atoms with Crippen molar-refractivity contribution in [3.63, 3.8) is 0 Å². The number of hydrogen-bond acceptors (Lipinski definition) is 3. The number of H-pyrrole nitrogens is 1. The SMILES string of the molecule is OC(CC1OCCO1)c1ccc[nH]1. The third-order valence-corrected chi connectivity index (χ3v) is 2.09. The Kier molecular flexibility index (Phi) is 2.63. The van der Waals surface area contributed by atoms with Crippen LogP contribution in [0.2, 0.25) is 0 Å². The number of ether oxygens (including phenoxy) is 2. The van der Waals surface area contributed by atoms with Gasteiger partial charge in [-0.1, -0.05) is 0 Å². The number of aliphatic hydroxyl groups is 1. The van der Waals surface area contributed by atoms with E-state index in [1.165, 1.54) is 0 Å². The summed E-state index contributed by atoms with van der Waals surface area (Å²) in [5.74, 6) is 0. The minimum absolute atomic E-state index is 0.252. The van der Waals surface area contributed by atoms with E-state index in [0.717, 1.165) is 5.69 Å². The normalized spacial score (nSPS) is 20.7. The number of rotatable bonds is 3. The molecule has 1 aliphatic rings. The summed E-state index contributed by atoms with van der Waals surface area (Å²) in [5, 5.41) is 9.68. The molecule has 0 aliphatic carbocycles. The lowest BCUT2D eigenvalue weighted by atomic mass is 10.2. The average molecular weight is 183 g/mol. The third-order valence-electron chi connectivity index (χ3n) is 2.09. The van der Waals surface area contributed by atoms with Crippen LogP contribution in [0.4, 0.5) is 0 Å². The Bertz CT molecular complexity index is 241. The molecule has 2 N–H and O–H groups in total. The van der Waals surface area contributed by atoms with E-state index >= 15 is 0 Å². The average Bonchev–Trinajstić information content (AvgIpc) is 2.74. The molecule has 4 nitrogen and oxygen atoms in total. The minimum atomic E-state index is -0.530. The predicted molar refractivity (Wildman–Crippen MR) is 46.1 cm³/mol. The van der Waals surface area contributed by atoms with E-state index in [4.69, 9.17) is 9.47 Å². The van der Waals surface area contributed by atoms with Crippen molar-refractivity contribution in [2.75, 3.05) is 13.2 Å². The van der Waals surface area contributed by atoms with Gasteiger partial charge in [0.05, 0.1) is 19.3 Å². The van der Waals surface area contributed by atoms with Crippen LogP contribution in [0.15, 0.2) is 18.3 Å². The first-order valence-corrected chi connectivity index (χ1v) is 4.41. The Morgan fingerprint density at radius 1 is 1.54 bits per heavy atom. The van der Waals surface area contributed by atoms with Crippen LogP contribution in [-0.4, -0.2) is 29.6 Å². The van der Waals surface area contributed by atoms with Crippen molar-refractivity contribution in [2.45, 2.75) is 18.8 Å². The van der Waals surface area contributed by atoms with Gasteiger partial charge in [-0.15, -0.1) is 0 Å². The molecule has 0 amide bonds. The van der Waals surface area contributed by atoms with Gasteiger partial charge in [0, 0.05) is 18.3 Å². The van der Waals surface area contributed by atoms with E-state index in [9.17, 15) is 5.11 Å². The highest BCUT2D eigenvalue weighted by Crippen LogP contribution is 2.20. The van der Waals surface area contributed by atoms with Gasteiger partial charge in [0.25, 0.3) is 0 Å². The maximum Gasteiger partial charge on any atom is 0.160 e. The van der Waals surface area contributed by atoms with E-state index in [1.807, 2.05) is 12.1 Å². The van der Waals surface area contributed by atoms with Crippen LogP contribution < -0.4 is 0 Å². The molecular formula is C9H13NO3. The lowest BCUT2D eigenvalue weighted by Crippen LogP contribution is -2.13. The fraction of sp³-hybridized carbons (Fsp3) is 0.556. The minimum Gasteiger partial charge on any atom is -0.387 e. The predicted octanol–water partition coefficient (Wildman–Crippen LogP) is 0.811. The molecule has 13 heavy (non-hydrogen) atoms. The number of hydrogen-bond donors (Lipinski definition) is 2. The third kappa shape index (κ3) is 2.09. The Morgan fingerprint density at radius 2 is 2.31 bits per heavy atom.